The Bertz CT molecular complexity index is 1300. The maximum absolute atomic E-state index is 13.2. The molecule has 0 aliphatic rings. The summed E-state index contributed by atoms with van der Waals surface area (Å²) in [5.41, 5.74) is 4.38. The zero-order chi connectivity index (χ0) is 22.3. The van der Waals surface area contributed by atoms with Crippen molar-refractivity contribution in [3.05, 3.63) is 124 Å². The van der Waals surface area contributed by atoms with Gasteiger partial charge in [0.15, 0.2) is 0 Å². The van der Waals surface area contributed by atoms with Crippen LogP contribution in [0.2, 0.25) is 0 Å². The van der Waals surface area contributed by atoms with E-state index in [0.29, 0.717) is 30.9 Å². The second-order valence-electron chi connectivity index (χ2n) is 7.66. The van der Waals surface area contributed by atoms with E-state index in [2.05, 4.69) is 6.07 Å². The van der Waals surface area contributed by atoms with E-state index in [1.807, 2.05) is 91.0 Å². The molecule has 0 radical (unpaired) electrons. The van der Waals surface area contributed by atoms with Crippen LogP contribution in [0.4, 0.5) is 0 Å². The van der Waals surface area contributed by atoms with Crippen LogP contribution < -0.4 is 10.3 Å². The number of aryl methyl sites for hydroxylation is 2. The average Bonchev–Trinajstić information content (AvgIpc) is 2.84. The minimum atomic E-state index is -0.267. The van der Waals surface area contributed by atoms with Gasteiger partial charge in [-0.15, -0.1) is 0 Å². The van der Waals surface area contributed by atoms with Crippen LogP contribution in [0.15, 0.2) is 95.8 Å². The van der Waals surface area contributed by atoms with Gasteiger partial charge in [-0.05, 0) is 48.2 Å². The average molecular weight is 421 g/mol. The van der Waals surface area contributed by atoms with Gasteiger partial charge in [-0.3, -0.25) is 4.79 Å². The molecule has 0 saturated carbocycles. The second kappa shape index (κ2) is 9.80. The van der Waals surface area contributed by atoms with Gasteiger partial charge in [0.05, 0.1) is 5.69 Å². The minimum Gasteiger partial charge on any atom is -0.488 e. The van der Waals surface area contributed by atoms with E-state index in [4.69, 9.17) is 4.74 Å². The van der Waals surface area contributed by atoms with Crippen LogP contribution in [-0.4, -0.2) is 4.57 Å². The molecule has 3 aromatic carbocycles. The van der Waals surface area contributed by atoms with E-state index < -0.39 is 0 Å². The van der Waals surface area contributed by atoms with Crippen LogP contribution in [0.25, 0.3) is 11.3 Å². The van der Waals surface area contributed by atoms with Crippen molar-refractivity contribution < 1.29 is 4.74 Å². The Labute approximate surface area is 188 Å². The maximum Gasteiger partial charge on any atom is 0.269 e. The Balaban J connectivity index is 1.74. The molecule has 158 valence electrons. The van der Waals surface area contributed by atoms with Crippen LogP contribution in [-0.2, 0) is 19.6 Å². The molecule has 0 bridgehead atoms. The Morgan fingerprint density at radius 3 is 2.19 bits per heavy atom. The van der Waals surface area contributed by atoms with E-state index in [1.165, 1.54) is 0 Å². The SMILES string of the molecule is Cc1cc(-c2ccccc2OCc2ccccc2)n(CCc2ccccc2)c(=O)c1C#N. The lowest BCUT2D eigenvalue weighted by molar-refractivity contribution is 0.307. The third-order valence-electron chi connectivity index (χ3n) is 5.48. The number of benzene rings is 3. The third kappa shape index (κ3) is 4.63. The summed E-state index contributed by atoms with van der Waals surface area (Å²) >= 11 is 0. The third-order valence-corrected chi connectivity index (χ3v) is 5.48. The van der Waals surface area contributed by atoms with Gasteiger partial charge in [0, 0.05) is 12.1 Å². The molecule has 4 nitrogen and oxygen atoms in total. The van der Waals surface area contributed by atoms with Crippen LogP contribution in [0, 0.1) is 18.3 Å². The van der Waals surface area contributed by atoms with Crippen molar-refractivity contribution in [2.45, 2.75) is 26.5 Å². The smallest absolute Gasteiger partial charge is 0.269 e. The van der Waals surface area contributed by atoms with Crippen LogP contribution >= 0.6 is 0 Å². The minimum absolute atomic E-state index is 0.185. The normalized spacial score (nSPS) is 10.5. The van der Waals surface area contributed by atoms with Crippen molar-refractivity contribution in [1.82, 2.24) is 4.57 Å². The number of nitrogens with zero attached hydrogens (tertiary/aromatic N) is 2. The van der Waals surface area contributed by atoms with E-state index in [1.54, 1.807) is 11.5 Å². The van der Waals surface area contributed by atoms with Crippen LogP contribution in [0.5, 0.6) is 5.75 Å². The number of rotatable bonds is 7. The summed E-state index contributed by atoms with van der Waals surface area (Å²) in [5.74, 6) is 0.702. The first kappa shape index (κ1) is 21.1. The standard InChI is InChI=1S/C28H24N2O2/c1-21-18-26(24-14-8-9-15-27(24)32-20-23-12-6-3-7-13-23)30(28(31)25(21)19-29)17-16-22-10-4-2-5-11-22/h2-15,18H,16-17,20H2,1H3. The van der Waals surface area contributed by atoms with Crippen LogP contribution in [0.1, 0.15) is 22.3 Å². The predicted octanol–water partition coefficient (Wildman–Crippen LogP) is 5.52. The quantitative estimate of drug-likeness (QED) is 0.396. The highest BCUT2D eigenvalue weighted by molar-refractivity contribution is 5.69. The molecule has 1 heterocycles. The molecule has 0 saturated heterocycles. The molecule has 4 aromatic rings. The Morgan fingerprint density at radius 2 is 1.50 bits per heavy atom. The topological polar surface area (TPSA) is 55.0 Å². The lowest BCUT2D eigenvalue weighted by Crippen LogP contribution is -2.26. The van der Waals surface area contributed by atoms with Gasteiger partial charge in [-0.25, -0.2) is 0 Å². The maximum atomic E-state index is 13.2. The number of ether oxygens (including phenoxy) is 1. The molecule has 0 aliphatic heterocycles. The number of para-hydroxylation sites is 1. The van der Waals surface area contributed by atoms with Gasteiger partial charge in [0.2, 0.25) is 0 Å². The van der Waals surface area contributed by atoms with Crippen molar-refractivity contribution in [1.29, 1.82) is 5.26 Å². The van der Waals surface area contributed by atoms with E-state index in [-0.39, 0.29) is 11.1 Å². The molecule has 0 N–H and O–H groups in total. The van der Waals surface area contributed by atoms with E-state index >= 15 is 0 Å². The van der Waals surface area contributed by atoms with E-state index in [0.717, 1.165) is 22.4 Å². The monoisotopic (exact) mass is 420 g/mol. The van der Waals surface area contributed by atoms with Gasteiger partial charge in [-0.1, -0.05) is 72.8 Å². The van der Waals surface area contributed by atoms with Gasteiger partial charge in [-0.2, -0.15) is 5.26 Å². The molecular weight excluding hydrogens is 396 g/mol. The molecule has 0 fully saturated rings. The summed E-state index contributed by atoms with van der Waals surface area (Å²) in [6.45, 7) is 2.71. The highest BCUT2D eigenvalue weighted by Gasteiger charge is 2.17. The number of hydrogen-bond acceptors (Lipinski definition) is 3. The van der Waals surface area contributed by atoms with Gasteiger partial charge >= 0.3 is 0 Å². The molecule has 32 heavy (non-hydrogen) atoms. The molecule has 4 rings (SSSR count). The zero-order valence-corrected chi connectivity index (χ0v) is 18.0. The molecule has 0 amide bonds. The lowest BCUT2D eigenvalue weighted by atomic mass is 10.0. The second-order valence-corrected chi connectivity index (χ2v) is 7.66. The summed E-state index contributed by atoms with van der Waals surface area (Å²) in [4.78, 5) is 13.2. The molecule has 0 unspecified atom stereocenters. The Kier molecular flexibility index (Phi) is 6.48. The van der Waals surface area contributed by atoms with Crippen LogP contribution in [0.3, 0.4) is 0 Å². The number of aromatic nitrogens is 1. The molecular formula is C28H24N2O2. The van der Waals surface area contributed by atoms with Crippen molar-refractivity contribution in [2.24, 2.45) is 0 Å². The van der Waals surface area contributed by atoms with Crippen molar-refractivity contribution in [3.8, 4) is 23.1 Å². The molecule has 0 atom stereocenters. The van der Waals surface area contributed by atoms with Crippen molar-refractivity contribution in [3.63, 3.8) is 0 Å². The Morgan fingerprint density at radius 1 is 0.875 bits per heavy atom. The molecule has 0 aliphatic carbocycles. The summed E-state index contributed by atoms with van der Waals surface area (Å²) in [6.07, 6.45) is 0.689. The highest BCUT2D eigenvalue weighted by Crippen LogP contribution is 2.31. The summed E-state index contributed by atoms with van der Waals surface area (Å²) < 4.78 is 7.85. The summed E-state index contributed by atoms with van der Waals surface area (Å²) in [5, 5.41) is 9.55. The fraction of sp³-hybridized carbons (Fsp3) is 0.143. The summed E-state index contributed by atoms with van der Waals surface area (Å²) in [6, 6.07) is 31.7. The lowest BCUT2D eigenvalue weighted by Gasteiger charge is -2.18. The van der Waals surface area contributed by atoms with Gasteiger partial charge in [0.25, 0.3) is 5.56 Å². The summed E-state index contributed by atoms with van der Waals surface area (Å²) in [7, 11) is 0. The molecule has 1 aromatic heterocycles. The number of pyridine rings is 1. The van der Waals surface area contributed by atoms with Gasteiger partial charge in [0.1, 0.15) is 24.0 Å². The first-order chi connectivity index (χ1) is 15.7. The first-order valence-corrected chi connectivity index (χ1v) is 10.6. The fourth-order valence-electron chi connectivity index (χ4n) is 3.77. The Hall–Kier alpha value is -4.10. The number of nitriles is 1. The number of hydrogen-bond donors (Lipinski definition) is 0. The van der Waals surface area contributed by atoms with E-state index in [9.17, 15) is 10.1 Å². The predicted molar refractivity (Wildman–Crippen MR) is 127 cm³/mol. The van der Waals surface area contributed by atoms with Gasteiger partial charge < -0.3 is 9.30 Å². The first-order valence-electron chi connectivity index (χ1n) is 10.6. The zero-order valence-electron chi connectivity index (χ0n) is 18.0. The molecule has 4 heteroatoms. The fourth-order valence-corrected chi connectivity index (χ4v) is 3.77. The largest absolute Gasteiger partial charge is 0.488 e. The van der Waals surface area contributed by atoms with Crippen molar-refractivity contribution in [2.75, 3.05) is 0 Å². The molecule has 0 spiro atoms. The highest BCUT2D eigenvalue weighted by atomic mass is 16.5. The van der Waals surface area contributed by atoms with Crippen molar-refractivity contribution >= 4 is 0 Å².